The number of hydrogen-bond acceptors (Lipinski definition) is 4. The lowest BCUT2D eigenvalue weighted by atomic mass is 9.90. The van der Waals surface area contributed by atoms with E-state index in [2.05, 4.69) is 54.0 Å². The Hall–Kier alpha value is -2.16. The second-order valence-electron chi connectivity index (χ2n) is 6.94. The van der Waals surface area contributed by atoms with E-state index in [1.54, 1.807) is 18.3 Å². The molecular weight excluding hydrogens is 342 g/mol. The molecule has 4 nitrogen and oxygen atoms in total. The molecule has 0 unspecified atom stereocenters. The highest BCUT2D eigenvalue weighted by molar-refractivity contribution is 7.10. The maximum Gasteiger partial charge on any atom is 0.235 e. The van der Waals surface area contributed by atoms with Crippen LogP contribution in [0.25, 0.3) is 0 Å². The number of carbonyl (C=O) groups is 1. The number of nitriles is 1. The SMILES string of the molecule is CCc1ccc([C@H](NCC(=O)N[C@@](C)(C#N)C(C)C)c2cccs2)cc1. The van der Waals surface area contributed by atoms with Crippen LogP contribution in [0.2, 0.25) is 0 Å². The van der Waals surface area contributed by atoms with Crippen LogP contribution in [0.4, 0.5) is 0 Å². The van der Waals surface area contributed by atoms with Gasteiger partial charge in [-0.2, -0.15) is 5.26 Å². The third kappa shape index (κ3) is 4.94. The van der Waals surface area contributed by atoms with Crippen molar-refractivity contribution in [1.29, 1.82) is 5.26 Å². The quantitative estimate of drug-likeness (QED) is 0.738. The van der Waals surface area contributed by atoms with Gasteiger partial charge in [-0.05, 0) is 41.8 Å². The van der Waals surface area contributed by atoms with Crippen LogP contribution in [0.1, 0.15) is 49.7 Å². The minimum absolute atomic E-state index is 0.0335. The first-order valence-electron chi connectivity index (χ1n) is 8.97. The predicted molar refractivity (Wildman–Crippen MR) is 107 cm³/mol. The Labute approximate surface area is 160 Å². The van der Waals surface area contributed by atoms with E-state index in [9.17, 15) is 10.1 Å². The van der Waals surface area contributed by atoms with Crippen molar-refractivity contribution in [3.05, 3.63) is 57.8 Å². The maximum absolute atomic E-state index is 12.4. The minimum atomic E-state index is -0.861. The van der Waals surface area contributed by atoms with Gasteiger partial charge in [-0.3, -0.25) is 10.1 Å². The van der Waals surface area contributed by atoms with Gasteiger partial charge in [0.1, 0.15) is 5.54 Å². The van der Waals surface area contributed by atoms with Gasteiger partial charge >= 0.3 is 0 Å². The van der Waals surface area contributed by atoms with Crippen molar-refractivity contribution < 1.29 is 4.79 Å². The standard InChI is InChI=1S/C21H27N3OS/c1-5-16-8-10-17(11-9-16)20(18-7-6-12-26-18)23-13-19(25)24-21(4,14-22)15(2)3/h6-12,15,20,23H,5,13H2,1-4H3,(H,24,25)/t20-,21-/m0/s1. The number of benzene rings is 1. The van der Waals surface area contributed by atoms with Crippen LogP contribution in [0.15, 0.2) is 41.8 Å². The Bertz CT molecular complexity index is 747. The zero-order valence-corrected chi connectivity index (χ0v) is 16.7. The summed E-state index contributed by atoms with van der Waals surface area (Å²) in [6.45, 7) is 7.91. The molecule has 0 radical (unpaired) electrons. The molecule has 0 bridgehead atoms. The third-order valence-corrected chi connectivity index (χ3v) is 5.74. The highest BCUT2D eigenvalue weighted by Gasteiger charge is 2.30. The van der Waals surface area contributed by atoms with Crippen LogP contribution in [-0.4, -0.2) is 18.0 Å². The minimum Gasteiger partial charge on any atom is -0.337 e. The van der Waals surface area contributed by atoms with Crippen molar-refractivity contribution >= 4 is 17.2 Å². The number of aryl methyl sites for hydroxylation is 1. The first kappa shape index (κ1) is 20.2. The van der Waals surface area contributed by atoms with Crippen molar-refractivity contribution in [2.75, 3.05) is 6.54 Å². The molecule has 2 atom stereocenters. The third-order valence-electron chi connectivity index (χ3n) is 4.80. The summed E-state index contributed by atoms with van der Waals surface area (Å²) in [5.41, 5.74) is 1.56. The highest BCUT2D eigenvalue weighted by Crippen LogP contribution is 2.26. The summed E-state index contributed by atoms with van der Waals surface area (Å²) in [6.07, 6.45) is 1.00. The number of thiophene rings is 1. The molecule has 26 heavy (non-hydrogen) atoms. The van der Waals surface area contributed by atoms with Gasteiger partial charge in [-0.25, -0.2) is 0 Å². The van der Waals surface area contributed by atoms with Crippen LogP contribution < -0.4 is 10.6 Å². The maximum atomic E-state index is 12.4. The first-order chi connectivity index (χ1) is 12.4. The van der Waals surface area contributed by atoms with Gasteiger partial charge in [0, 0.05) is 4.88 Å². The molecule has 5 heteroatoms. The van der Waals surface area contributed by atoms with Crippen molar-refractivity contribution in [2.45, 2.75) is 45.7 Å². The predicted octanol–water partition coefficient (Wildman–Crippen LogP) is 4.04. The van der Waals surface area contributed by atoms with Gasteiger partial charge in [-0.15, -0.1) is 11.3 Å². The molecule has 1 heterocycles. The average Bonchev–Trinajstić information content (AvgIpc) is 3.16. The van der Waals surface area contributed by atoms with E-state index in [1.165, 1.54) is 5.56 Å². The zero-order valence-electron chi connectivity index (χ0n) is 15.9. The van der Waals surface area contributed by atoms with E-state index in [-0.39, 0.29) is 24.4 Å². The fourth-order valence-corrected chi connectivity index (χ4v) is 3.44. The molecule has 0 saturated carbocycles. The first-order valence-corrected chi connectivity index (χ1v) is 9.85. The van der Waals surface area contributed by atoms with Crippen molar-refractivity contribution in [1.82, 2.24) is 10.6 Å². The van der Waals surface area contributed by atoms with Crippen LogP contribution in [0, 0.1) is 17.2 Å². The molecule has 2 rings (SSSR count). The van der Waals surface area contributed by atoms with Gasteiger partial charge in [-0.1, -0.05) is 51.1 Å². The fourth-order valence-electron chi connectivity index (χ4n) is 2.61. The number of amides is 1. The van der Waals surface area contributed by atoms with Gasteiger partial charge in [0.2, 0.25) is 5.91 Å². The van der Waals surface area contributed by atoms with Crippen molar-refractivity contribution in [2.24, 2.45) is 5.92 Å². The van der Waals surface area contributed by atoms with Crippen LogP contribution in [-0.2, 0) is 11.2 Å². The number of carbonyl (C=O) groups excluding carboxylic acids is 1. The van der Waals surface area contributed by atoms with Crippen LogP contribution in [0.5, 0.6) is 0 Å². The molecule has 0 fully saturated rings. The summed E-state index contributed by atoms with van der Waals surface area (Å²) in [6, 6.07) is 14.7. The molecule has 2 N–H and O–H groups in total. The average molecular weight is 370 g/mol. The molecule has 0 aliphatic carbocycles. The van der Waals surface area contributed by atoms with E-state index >= 15 is 0 Å². The van der Waals surface area contributed by atoms with Crippen LogP contribution in [0.3, 0.4) is 0 Å². The number of rotatable bonds is 8. The largest absolute Gasteiger partial charge is 0.337 e. The summed E-state index contributed by atoms with van der Waals surface area (Å²) >= 11 is 1.66. The van der Waals surface area contributed by atoms with E-state index in [0.717, 1.165) is 16.9 Å². The summed E-state index contributed by atoms with van der Waals surface area (Å²) in [4.78, 5) is 13.6. The molecule has 1 aromatic heterocycles. The number of hydrogen-bond donors (Lipinski definition) is 2. The molecule has 2 aromatic rings. The highest BCUT2D eigenvalue weighted by atomic mass is 32.1. The molecule has 1 aromatic carbocycles. The Morgan fingerprint density at radius 3 is 2.46 bits per heavy atom. The van der Waals surface area contributed by atoms with E-state index in [0.29, 0.717) is 0 Å². The summed E-state index contributed by atoms with van der Waals surface area (Å²) in [5.74, 6) is -0.138. The van der Waals surface area contributed by atoms with Gasteiger partial charge in [0.05, 0.1) is 18.7 Å². The molecule has 0 spiro atoms. The number of nitrogens with zero attached hydrogens (tertiary/aromatic N) is 1. The second kappa shape index (κ2) is 8.98. The summed E-state index contributed by atoms with van der Waals surface area (Å²) < 4.78 is 0. The summed E-state index contributed by atoms with van der Waals surface area (Å²) in [7, 11) is 0. The Morgan fingerprint density at radius 2 is 1.96 bits per heavy atom. The Balaban J connectivity index is 2.11. The normalized spacial score (nSPS) is 14.5. The zero-order chi connectivity index (χ0) is 19.2. The Kier molecular flexibility index (Phi) is 6.96. The van der Waals surface area contributed by atoms with Gasteiger partial charge < -0.3 is 5.32 Å². The lowest BCUT2D eigenvalue weighted by Crippen LogP contribution is -2.51. The topological polar surface area (TPSA) is 64.9 Å². The fraction of sp³-hybridized carbons (Fsp3) is 0.429. The van der Waals surface area contributed by atoms with Gasteiger partial charge in [0.25, 0.3) is 0 Å². The molecular formula is C21H27N3OS. The smallest absolute Gasteiger partial charge is 0.235 e. The van der Waals surface area contributed by atoms with Gasteiger partial charge in [0.15, 0.2) is 0 Å². The number of nitrogens with one attached hydrogen (secondary N) is 2. The molecule has 0 aliphatic rings. The molecule has 0 saturated heterocycles. The molecule has 0 aliphatic heterocycles. The second-order valence-corrected chi connectivity index (χ2v) is 7.92. The molecule has 1 amide bonds. The monoisotopic (exact) mass is 369 g/mol. The lowest BCUT2D eigenvalue weighted by molar-refractivity contribution is -0.121. The van der Waals surface area contributed by atoms with E-state index < -0.39 is 5.54 Å². The van der Waals surface area contributed by atoms with E-state index in [4.69, 9.17) is 0 Å². The summed E-state index contributed by atoms with van der Waals surface area (Å²) in [5, 5.41) is 17.6. The van der Waals surface area contributed by atoms with E-state index in [1.807, 2.05) is 25.3 Å². The van der Waals surface area contributed by atoms with Crippen molar-refractivity contribution in [3.8, 4) is 6.07 Å². The lowest BCUT2D eigenvalue weighted by Gasteiger charge is -2.28. The van der Waals surface area contributed by atoms with Crippen molar-refractivity contribution in [3.63, 3.8) is 0 Å². The van der Waals surface area contributed by atoms with Crippen LogP contribution >= 0.6 is 11.3 Å². The Morgan fingerprint density at radius 1 is 1.27 bits per heavy atom. The molecule has 138 valence electrons.